The smallest absolute Gasteiger partial charge is 0.311 e. The van der Waals surface area contributed by atoms with Crippen LogP contribution < -0.4 is 9.47 Å². The van der Waals surface area contributed by atoms with Gasteiger partial charge in [0.15, 0.2) is 0 Å². The van der Waals surface area contributed by atoms with Gasteiger partial charge in [0.05, 0.1) is 13.0 Å². The van der Waals surface area contributed by atoms with E-state index < -0.39 is 0 Å². The molecule has 2 aromatic rings. The highest BCUT2D eigenvalue weighted by molar-refractivity contribution is 6.35. The van der Waals surface area contributed by atoms with Gasteiger partial charge in [0.2, 0.25) is 0 Å². The lowest BCUT2D eigenvalue weighted by Crippen LogP contribution is -2.57. The summed E-state index contributed by atoms with van der Waals surface area (Å²) in [7, 11) is 1.44. The number of hydrogen-bond donors (Lipinski definition) is 0. The lowest BCUT2D eigenvalue weighted by Gasteiger charge is -2.44. The molecule has 2 aliphatic rings. The fourth-order valence-corrected chi connectivity index (χ4v) is 4.37. The second kappa shape index (κ2) is 8.42. The Kier molecular flexibility index (Phi) is 5.91. The van der Waals surface area contributed by atoms with Crippen LogP contribution in [-0.2, 0) is 22.6 Å². The molecule has 1 unspecified atom stereocenters. The number of aryl methyl sites for hydroxylation is 1. The van der Waals surface area contributed by atoms with Gasteiger partial charge in [-0.1, -0.05) is 29.3 Å². The predicted octanol–water partition coefficient (Wildman–Crippen LogP) is 4.29. The fourth-order valence-electron chi connectivity index (χ4n) is 3.86. The van der Waals surface area contributed by atoms with E-state index in [1.54, 1.807) is 12.1 Å². The molecule has 1 saturated heterocycles. The van der Waals surface area contributed by atoms with Crippen LogP contribution in [0.4, 0.5) is 0 Å². The molecule has 0 aliphatic carbocycles. The standard InChI is InChI=1S/C22H23Cl2NO4/c1-13-6-14-7-16(25-9-15(10-25)22(26)27-2)11-28-21(14)8-20(13)29-12-17-18(23)4-3-5-19(17)24/h3-6,8,15-16H,7,9-12H2,1-2H3. The third-order valence-corrected chi connectivity index (χ3v) is 6.35. The lowest BCUT2D eigenvalue weighted by atomic mass is 9.93. The van der Waals surface area contributed by atoms with Gasteiger partial charge in [0, 0.05) is 40.8 Å². The van der Waals surface area contributed by atoms with Crippen molar-refractivity contribution < 1.29 is 19.0 Å². The zero-order chi connectivity index (χ0) is 20.5. The van der Waals surface area contributed by atoms with Crippen molar-refractivity contribution in [1.82, 2.24) is 4.90 Å². The number of methoxy groups -OCH3 is 1. The molecule has 2 heterocycles. The van der Waals surface area contributed by atoms with Crippen LogP contribution in [0, 0.1) is 12.8 Å². The maximum Gasteiger partial charge on any atom is 0.311 e. The summed E-state index contributed by atoms with van der Waals surface area (Å²) in [6, 6.07) is 9.75. The molecule has 0 spiro atoms. The molecule has 29 heavy (non-hydrogen) atoms. The van der Waals surface area contributed by atoms with Crippen LogP contribution >= 0.6 is 23.2 Å². The van der Waals surface area contributed by atoms with Crippen molar-refractivity contribution in [3.63, 3.8) is 0 Å². The van der Waals surface area contributed by atoms with E-state index >= 15 is 0 Å². The summed E-state index contributed by atoms with van der Waals surface area (Å²) >= 11 is 12.5. The summed E-state index contributed by atoms with van der Waals surface area (Å²) in [5, 5.41) is 1.18. The first-order chi connectivity index (χ1) is 14.0. The second-order valence-electron chi connectivity index (χ2n) is 7.56. The summed E-state index contributed by atoms with van der Waals surface area (Å²) in [6.07, 6.45) is 0.890. The summed E-state index contributed by atoms with van der Waals surface area (Å²) in [5.74, 6) is 1.45. The van der Waals surface area contributed by atoms with Crippen LogP contribution in [0.5, 0.6) is 11.5 Å². The number of likely N-dealkylation sites (tertiary alicyclic amines) is 1. The number of rotatable bonds is 5. The molecule has 2 aliphatic heterocycles. The third kappa shape index (κ3) is 4.18. The molecule has 7 heteroatoms. The Morgan fingerprint density at radius 2 is 1.97 bits per heavy atom. The Balaban J connectivity index is 1.41. The molecule has 4 rings (SSSR count). The van der Waals surface area contributed by atoms with Crippen molar-refractivity contribution in [3.8, 4) is 11.5 Å². The van der Waals surface area contributed by atoms with Gasteiger partial charge in [-0.2, -0.15) is 0 Å². The van der Waals surface area contributed by atoms with Gasteiger partial charge in [-0.3, -0.25) is 9.69 Å². The SMILES string of the molecule is COC(=O)C1CN(C2COc3cc(OCc4c(Cl)cccc4Cl)c(C)cc3C2)C1. The second-order valence-corrected chi connectivity index (χ2v) is 8.37. The summed E-state index contributed by atoms with van der Waals surface area (Å²) < 4.78 is 16.8. The maximum atomic E-state index is 11.6. The minimum Gasteiger partial charge on any atom is -0.492 e. The minimum absolute atomic E-state index is 0.0180. The molecule has 5 nitrogen and oxygen atoms in total. The number of nitrogens with zero attached hydrogens (tertiary/aromatic N) is 1. The average molecular weight is 436 g/mol. The highest BCUT2D eigenvalue weighted by Gasteiger charge is 2.39. The van der Waals surface area contributed by atoms with Crippen molar-refractivity contribution >= 4 is 29.2 Å². The molecule has 0 bridgehead atoms. The number of fused-ring (bicyclic) bond motifs is 1. The van der Waals surface area contributed by atoms with Crippen LogP contribution in [0.25, 0.3) is 0 Å². The van der Waals surface area contributed by atoms with E-state index in [-0.39, 0.29) is 17.9 Å². The Hall–Kier alpha value is -1.95. The zero-order valence-corrected chi connectivity index (χ0v) is 17.9. The number of esters is 1. The molecule has 1 fully saturated rings. The van der Waals surface area contributed by atoms with Crippen LogP contribution in [-0.4, -0.2) is 43.7 Å². The highest BCUT2D eigenvalue weighted by atomic mass is 35.5. The third-order valence-electron chi connectivity index (χ3n) is 5.64. The predicted molar refractivity (Wildman–Crippen MR) is 112 cm³/mol. The van der Waals surface area contributed by atoms with E-state index in [2.05, 4.69) is 11.0 Å². The number of hydrogen-bond acceptors (Lipinski definition) is 5. The van der Waals surface area contributed by atoms with Crippen molar-refractivity contribution in [2.45, 2.75) is 26.0 Å². The van der Waals surface area contributed by atoms with Gasteiger partial charge in [0.25, 0.3) is 0 Å². The molecule has 154 valence electrons. The van der Waals surface area contributed by atoms with E-state index in [1.165, 1.54) is 7.11 Å². The molecule has 0 amide bonds. The van der Waals surface area contributed by atoms with Gasteiger partial charge in [-0.05, 0) is 42.7 Å². The molecular weight excluding hydrogens is 413 g/mol. The first-order valence-electron chi connectivity index (χ1n) is 9.60. The van der Waals surface area contributed by atoms with Crippen molar-refractivity contribution in [2.24, 2.45) is 5.92 Å². The summed E-state index contributed by atoms with van der Waals surface area (Å²) in [5.41, 5.74) is 2.96. The maximum absolute atomic E-state index is 11.6. The highest BCUT2D eigenvalue weighted by Crippen LogP contribution is 2.36. The van der Waals surface area contributed by atoms with Crippen molar-refractivity contribution in [1.29, 1.82) is 0 Å². The number of benzene rings is 2. The van der Waals surface area contributed by atoms with Gasteiger partial charge < -0.3 is 14.2 Å². The average Bonchev–Trinajstić information content (AvgIpc) is 2.66. The van der Waals surface area contributed by atoms with Gasteiger partial charge in [-0.15, -0.1) is 0 Å². The quantitative estimate of drug-likeness (QED) is 0.655. The lowest BCUT2D eigenvalue weighted by molar-refractivity contribution is -0.153. The van der Waals surface area contributed by atoms with Crippen LogP contribution in [0.3, 0.4) is 0 Å². The van der Waals surface area contributed by atoms with Crippen LogP contribution in [0.1, 0.15) is 16.7 Å². The normalized spacial score (nSPS) is 19.1. The number of carbonyl (C=O) groups is 1. The Morgan fingerprint density at radius 1 is 1.24 bits per heavy atom. The molecule has 0 saturated carbocycles. The monoisotopic (exact) mass is 435 g/mol. The van der Waals surface area contributed by atoms with E-state index in [9.17, 15) is 4.79 Å². The Labute approximate surface area is 180 Å². The molecule has 0 radical (unpaired) electrons. The molecule has 0 N–H and O–H groups in total. The molecule has 2 aromatic carbocycles. The van der Waals surface area contributed by atoms with Crippen molar-refractivity contribution in [3.05, 3.63) is 57.1 Å². The van der Waals surface area contributed by atoms with Crippen LogP contribution in [0.2, 0.25) is 10.0 Å². The summed E-state index contributed by atoms with van der Waals surface area (Å²) in [4.78, 5) is 13.9. The number of halogens is 2. The first kappa shape index (κ1) is 20.3. The fraction of sp³-hybridized carbons (Fsp3) is 0.409. The summed E-state index contributed by atoms with van der Waals surface area (Å²) in [6.45, 7) is 4.37. The Morgan fingerprint density at radius 3 is 2.66 bits per heavy atom. The van der Waals surface area contributed by atoms with E-state index in [0.29, 0.717) is 23.3 Å². The Bertz CT molecular complexity index is 907. The molecular formula is C22H23Cl2NO4. The number of carbonyl (C=O) groups excluding carboxylic acids is 1. The number of ether oxygens (including phenoxy) is 3. The van der Waals surface area contributed by atoms with Gasteiger partial charge >= 0.3 is 5.97 Å². The zero-order valence-electron chi connectivity index (χ0n) is 16.4. The van der Waals surface area contributed by atoms with E-state index in [0.717, 1.165) is 47.7 Å². The molecule has 1 atom stereocenters. The van der Waals surface area contributed by atoms with Crippen molar-refractivity contribution in [2.75, 3.05) is 26.8 Å². The van der Waals surface area contributed by atoms with E-state index in [1.807, 2.05) is 19.1 Å². The van der Waals surface area contributed by atoms with E-state index in [4.69, 9.17) is 37.4 Å². The van der Waals surface area contributed by atoms with Gasteiger partial charge in [0.1, 0.15) is 24.7 Å². The largest absolute Gasteiger partial charge is 0.492 e. The topological polar surface area (TPSA) is 48.0 Å². The van der Waals surface area contributed by atoms with Crippen LogP contribution in [0.15, 0.2) is 30.3 Å². The molecule has 0 aromatic heterocycles. The minimum atomic E-state index is -0.130. The first-order valence-corrected chi connectivity index (χ1v) is 10.4. The van der Waals surface area contributed by atoms with Gasteiger partial charge in [-0.25, -0.2) is 0 Å².